The first kappa shape index (κ1) is 19.8. The van der Waals surface area contributed by atoms with Crippen LogP contribution in [0.2, 0.25) is 0 Å². The molecule has 0 aliphatic rings. The summed E-state index contributed by atoms with van der Waals surface area (Å²) >= 11 is 0. The third-order valence-corrected chi connectivity index (χ3v) is 3.37. The third kappa shape index (κ3) is 5.50. The number of anilines is 1. The summed E-state index contributed by atoms with van der Waals surface area (Å²) in [6.45, 7) is -0.462. The van der Waals surface area contributed by atoms with E-state index in [1.54, 1.807) is 32.3 Å². The largest absolute Gasteiger partial charge is 0.384 e. The van der Waals surface area contributed by atoms with E-state index in [0.29, 0.717) is 11.3 Å². The first-order valence-corrected chi connectivity index (χ1v) is 7.80. The molecule has 2 amide bonds. The number of halogens is 2. The van der Waals surface area contributed by atoms with Crippen molar-refractivity contribution in [2.24, 2.45) is 10.9 Å². The van der Waals surface area contributed by atoms with Gasteiger partial charge in [0.2, 0.25) is 0 Å². The minimum atomic E-state index is -1.07. The van der Waals surface area contributed by atoms with E-state index >= 15 is 0 Å². The summed E-state index contributed by atoms with van der Waals surface area (Å²) in [5.41, 5.74) is 6.54. The van der Waals surface area contributed by atoms with Crippen molar-refractivity contribution >= 4 is 23.3 Å². The highest BCUT2D eigenvalue weighted by molar-refractivity contribution is 5.98. The van der Waals surface area contributed by atoms with Crippen molar-refractivity contribution in [2.75, 3.05) is 26.0 Å². The van der Waals surface area contributed by atoms with Gasteiger partial charge in [0.25, 0.3) is 11.8 Å². The average molecular weight is 376 g/mol. The summed E-state index contributed by atoms with van der Waals surface area (Å²) in [5.74, 6) is -3.03. The maximum absolute atomic E-state index is 13.2. The Hall–Kier alpha value is -3.49. The molecular weight excluding hydrogens is 358 g/mol. The van der Waals surface area contributed by atoms with E-state index in [-0.39, 0.29) is 17.3 Å². The first-order chi connectivity index (χ1) is 12.8. The topological polar surface area (TPSA) is 97.0 Å². The summed E-state index contributed by atoms with van der Waals surface area (Å²) in [6, 6.07) is 9.40. The van der Waals surface area contributed by atoms with Gasteiger partial charge < -0.3 is 20.8 Å². The molecule has 0 spiro atoms. The monoisotopic (exact) mass is 376 g/mol. The molecule has 2 rings (SSSR count). The second-order valence-electron chi connectivity index (χ2n) is 5.71. The summed E-state index contributed by atoms with van der Waals surface area (Å²) in [6.07, 6.45) is 0. The molecule has 0 heterocycles. The Morgan fingerprint density at radius 3 is 2.52 bits per heavy atom. The standard InChI is InChI=1S/C18H18F2N4O3/c1-24(2)18(26)12-4-3-5-13(8-12)22-16(25)10-27-23-17(21)11-6-7-14(19)15(20)9-11/h3-9H,10H2,1-2H3,(H2,21,23)(H,22,25). The van der Waals surface area contributed by atoms with Gasteiger partial charge in [-0.3, -0.25) is 9.59 Å². The molecule has 0 aromatic heterocycles. The molecular formula is C18H18F2N4O3. The third-order valence-electron chi connectivity index (χ3n) is 3.37. The number of carbonyl (C=O) groups excluding carboxylic acids is 2. The van der Waals surface area contributed by atoms with Crippen LogP contribution in [0, 0.1) is 11.6 Å². The minimum absolute atomic E-state index is 0.115. The normalized spacial score (nSPS) is 11.0. The smallest absolute Gasteiger partial charge is 0.265 e. The molecule has 27 heavy (non-hydrogen) atoms. The van der Waals surface area contributed by atoms with Gasteiger partial charge in [0.05, 0.1) is 0 Å². The lowest BCUT2D eigenvalue weighted by molar-refractivity contribution is -0.120. The lowest BCUT2D eigenvalue weighted by Crippen LogP contribution is -2.22. The number of nitrogens with two attached hydrogens (primary N) is 1. The number of amides is 2. The van der Waals surface area contributed by atoms with Crippen molar-refractivity contribution in [2.45, 2.75) is 0 Å². The van der Waals surface area contributed by atoms with Crippen molar-refractivity contribution in [3.63, 3.8) is 0 Å². The Labute approximate surface area is 154 Å². The Bertz CT molecular complexity index is 885. The van der Waals surface area contributed by atoms with Crippen molar-refractivity contribution in [3.8, 4) is 0 Å². The maximum Gasteiger partial charge on any atom is 0.265 e. The van der Waals surface area contributed by atoms with Gasteiger partial charge in [-0.15, -0.1) is 0 Å². The van der Waals surface area contributed by atoms with Crippen LogP contribution in [-0.4, -0.2) is 43.3 Å². The fourth-order valence-electron chi connectivity index (χ4n) is 2.05. The quantitative estimate of drug-likeness (QED) is 0.457. The van der Waals surface area contributed by atoms with E-state index in [1.807, 2.05) is 0 Å². The zero-order chi connectivity index (χ0) is 20.0. The lowest BCUT2D eigenvalue weighted by Gasteiger charge is -2.11. The Balaban J connectivity index is 1.93. The van der Waals surface area contributed by atoms with E-state index in [2.05, 4.69) is 10.5 Å². The number of hydrogen-bond acceptors (Lipinski definition) is 4. The van der Waals surface area contributed by atoms with E-state index in [1.165, 1.54) is 17.0 Å². The van der Waals surface area contributed by atoms with Crippen molar-refractivity contribution < 1.29 is 23.2 Å². The van der Waals surface area contributed by atoms with Gasteiger partial charge in [0, 0.05) is 30.9 Å². The SMILES string of the molecule is CN(C)C(=O)c1cccc(NC(=O)CON=C(N)c2ccc(F)c(F)c2)c1. The first-order valence-electron chi connectivity index (χ1n) is 7.80. The van der Waals surface area contributed by atoms with Crippen LogP contribution in [0.1, 0.15) is 15.9 Å². The molecule has 0 saturated carbocycles. The molecule has 0 fully saturated rings. The number of hydrogen-bond donors (Lipinski definition) is 2. The van der Waals surface area contributed by atoms with Gasteiger partial charge in [0.15, 0.2) is 24.1 Å². The molecule has 0 atom stereocenters. The number of oxime groups is 1. The van der Waals surface area contributed by atoms with Gasteiger partial charge in [-0.25, -0.2) is 8.78 Å². The van der Waals surface area contributed by atoms with Gasteiger partial charge in [-0.2, -0.15) is 0 Å². The fraction of sp³-hybridized carbons (Fsp3) is 0.167. The molecule has 9 heteroatoms. The summed E-state index contributed by atoms with van der Waals surface area (Å²) < 4.78 is 26.0. The number of benzene rings is 2. The molecule has 0 radical (unpaired) electrons. The van der Waals surface area contributed by atoms with Gasteiger partial charge in [-0.05, 0) is 36.4 Å². The predicted molar refractivity (Wildman–Crippen MR) is 96.1 cm³/mol. The molecule has 2 aromatic carbocycles. The highest BCUT2D eigenvalue weighted by atomic mass is 19.2. The second-order valence-corrected chi connectivity index (χ2v) is 5.71. The van der Waals surface area contributed by atoms with E-state index < -0.39 is 24.1 Å². The van der Waals surface area contributed by atoms with Crippen LogP contribution >= 0.6 is 0 Å². The summed E-state index contributed by atoms with van der Waals surface area (Å²) in [5, 5.41) is 6.05. The molecule has 0 unspecified atom stereocenters. The molecule has 7 nitrogen and oxygen atoms in total. The molecule has 142 valence electrons. The number of carbonyl (C=O) groups is 2. The van der Waals surface area contributed by atoms with Crippen molar-refractivity contribution in [3.05, 3.63) is 65.2 Å². The Kier molecular flexibility index (Phi) is 6.42. The van der Waals surface area contributed by atoms with Crippen LogP contribution in [-0.2, 0) is 9.63 Å². The van der Waals surface area contributed by atoms with E-state index in [0.717, 1.165) is 12.1 Å². The zero-order valence-electron chi connectivity index (χ0n) is 14.7. The van der Waals surface area contributed by atoms with Crippen LogP contribution in [0.5, 0.6) is 0 Å². The van der Waals surface area contributed by atoms with Crippen molar-refractivity contribution in [1.82, 2.24) is 4.90 Å². The van der Waals surface area contributed by atoms with Crippen molar-refractivity contribution in [1.29, 1.82) is 0 Å². The van der Waals surface area contributed by atoms with Gasteiger partial charge in [-0.1, -0.05) is 11.2 Å². The predicted octanol–water partition coefficient (Wildman–Crippen LogP) is 1.94. The van der Waals surface area contributed by atoms with Crippen LogP contribution < -0.4 is 11.1 Å². The van der Waals surface area contributed by atoms with Gasteiger partial charge in [0.1, 0.15) is 0 Å². The lowest BCUT2D eigenvalue weighted by atomic mass is 10.2. The Morgan fingerprint density at radius 2 is 1.85 bits per heavy atom. The average Bonchev–Trinajstić information content (AvgIpc) is 2.63. The number of nitrogens with zero attached hydrogens (tertiary/aromatic N) is 2. The van der Waals surface area contributed by atoms with Crippen LogP contribution in [0.4, 0.5) is 14.5 Å². The van der Waals surface area contributed by atoms with Crippen LogP contribution in [0.15, 0.2) is 47.6 Å². The zero-order valence-corrected chi connectivity index (χ0v) is 14.7. The van der Waals surface area contributed by atoms with Gasteiger partial charge >= 0.3 is 0 Å². The molecule has 0 saturated heterocycles. The molecule has 3 N–H and O–H groups in total. The van der Waals surface area contributed by atoms with E-state index in [9.17, 15) is 18.4 Å². The van der Waals surface area contributed by atoms with Crippen LogP contribution in [0.25, 0.3) is 0 Å². The number of nitrogens with one attached hydrogen (secondary N) is 1. The number of rotatable bonds is 6. The molecule has 2 aromatic rings. The second kappa shape index (κ2) is 8.75. The summed E-state index contributed by atoms with van der Waals surface area (Å²) in [4.78, 5) is 30.1. The highest BCUT2D eigenvalue weighted by Crippen LogP contribution is 2.12. The number of amidine groups is 1. The molecule has 0 aliphatic carbocycles. The maximum atomic E-state index is 13.2. The fourth-order valence-corrected chi connectivity index (χ4v) is 2.05. The Morgan fingerprint density at radius 1 is 1.11 bits per heavy atom. The minimum Gasteiger partial charge on any atom is -0.384 e. The van der Waals surface area contributed by atoms with Crippen LogP contribution in [0.3, 0.4) is 0 Å². The highest BCUT2D eigenvalue weighted by Gasteiger charge is 2.10. The summed E-state index contributed by atoms with van der Waals surface area (Å²) in [7, 11) is 3.24. The molecule has 0 aliphatic heterocycles. The molecule has 0 bridgehead atoms. The van der Waals surface area contributed by atoms with E-state index in [4.69, 9.17) is 10.6 Å².